The quantitative estimate of drug-likeness (QED) is 0.598. The number of aromatic amines is 1. The van der Waals surface area contributed by atoms with E-state index in [1.165, 1.54) is 0 Å². The van der Waals surface area contributed by atoms with E-state index in [2.05, 4.69) is 21.9 Å². The van der Waals surface area contributed by atoms with Crippen molar-refractivity contribution >= 4 is 46.3 Å². The van der Waals surface area contributed by atoms with Crippen LogP contribution in [0.1, 0.15) is 50.5 Å². The van der Waals surface area contributed by atoms with E-state index in [1.54, 1.807) is 12.1 Å². The smallest absolute Gasteiger partial charge is 0.407 e. The lowest BCUT2D eigenvalue weighted by atomic mass is 9.83. The summed E-state index contributed by atoms with van der Waals surface area (Å²) in [7, 11) is 0. The highest BCUT2D eigenvalue weighted by atomic mass is 35.5. The summed E-state index contributed by atoms with van der Waals surface area (Å²) >= 11 is 7.86. The van der Waals surface area contributed by atoms with Gasteiger partial charge in [0.15, 0.2) is 0 Å². The van der Waals surface area contributed by atoms with Gasteiger partial charge in [0.25, 0.3) is 5.91 Å². The van der Waals surface area contributed by atoms with Gasteiger partial charge in [0, 0.05) is 22.0 Å². The molecule has 0 bridgehead atoms. The van der Waals surface area contributed by atoms with Crippen molar-refractivity contribution in [2.75, 3.05) is 12.0 Å². The summed E-state index contributed by atoms with van der Waals surface area (Å²) < 4.78 is 5.44. The fourth-order valence-corrected chi connectivity index (χ4v) is 4.86. The molecule has 1 aromatic carbocycles. The largest absolute Gasteiger partial charge is 0.444 e. The summed E-state index contributed by atoms with van der Waals surface area (Å²) in [5, 5.41) is 7.62. The zero-order valence-electron chi connectivity index (χ0n) is 17.9. The number of fused-ring (bicyclic) bond motifs is 1. The van der Waals surface area contributed by atoms with Gasteiger partial charge >= 0.3 is 6.09 Å². The number of halogens is 1. The van der Waals surface area contributed by atoms with Crippen LogP contribution in [0.3, 0.4) is 0 Å². The van der Waals surface area contributed by atoms with E-state index in [1.807, 2.05) is 44.7 Å². The average Bonchev–Trinajstić information content (AvgIpc) is 3.05. The van der Waals surface area contributed by atoms with Gasteiger partial charge in [-0.05, 0) is 82.2 Å². The Morgan fingerprint density at radius 2 is 1.97 bits per heavy atom. The number of benzene rings is 1. The Balaban J connectivity index is 1.71. The van der Waals surface area contributed by atoms with Crippen LogP contribution in [-0.4, -0.2) is 46.7 Å². The maximum Gasteiger partial charge on any atom is 0.407 e. The summed E-state index contributed by atoms with van der Waals surface area (Å²) in [5.41, 5.74) is 0.771. The molecule has 1 aliphatic carbocycles. The van der Waals surface area contributed by atoms with Crippen LogP contribution < -0.4 is 10.6 Å². The molecule has 164 valence electrons. The van der Waals surface area contributed by atoms with E-state index in [-0.39, 0.29) is 18.0 Å². The highest BCUT2D eigenvalue weighted by molar-refractivity contribution is 7.98. The maximum absolute atomic E-state index is 12.9. The van der Waals surface area contributed by atoms with Crippen molar-refractivity contribution in [3.63, 3.8) is 0 Å². The summed E-state index contributed by atoms with van der Waals surface area (Å²) in [4.78, 5) is 28.4. The molecule has 1 aliphatic rings. The Morgan fingerprint density at radius 3 is 2.67 bits per heavy atom. The molecule has 1 heterocycles. The highest BCUT2D eigenvalue weighted by Crippen LogP contribution is 2.28. The minimum atomic E-state index is -0.568. The Kier molecular flexibility index (Phi) is 7.24. The van der Waals surface area contributed by atoms with Gasteiger partial charge in [-0.25, -0.2) is 4.79 Å². The number of rotatable bonds is 5. The predicted octanol–water partition coefficient (Wildman–Crippen LogP) is 4.98. The molecule has 1 aromatic heterocycles. The Hall–Kier alpha value is -1.86. The van der Waals surface area contributed by atoms with E-state index in [0.29, 0.717) is 16.6 Å². The first-order valence-electron chi connectivity index (χ1n) is 10.2. The second kappa shape index (κ2) is 9.52. The number of amides is 2. The number of nitrogens with one attached hydrogen (secondary N) is 3. The van der Waals surface area contributed by atoms with Crippen molar-refractivity contribution in [3.05, 3.63) is 35.0 Å². The van der Waals surface area contributed by atoms with Crippen molar-refractivity contribution in [2.45, 2.75) is 57.7 Å². The van der Waals surface area contributed by atoms with Crippen LogP contribution in [-0.2, 0) is 4.74 Å². The van der Waals surface area contributed by atoms with Gasteiger partial charge in [-0.1, -0.05) is 11.6 Å². The topological polar surface area (TPSA) is 83.2 Å². The Bertz CT molecular complexity index is 909. The van der Waals surface area contributed by atoms with Crippen molar-refractivity contribution in [2.24, 2.45) is 5.92 Å². The van der Waals surface area contributed by atoms with Gasteiger partial charge < -0.3 is 20.4 Å². The minimum Gasteiger partial charge on any atom is -0.444 e. The first kappa shape index (κ1) is 22.8. The van der Waals surface area contributed by atoms with Crippen molar-refractivity contribution in [1.29, 1.82) is 0 Å². The van der Waals surface area contributed by atoms with Crippen molar-refractivity contribution in [3.8, 4) is 0 Å². The molecule has 0 unspecified atom stereocenters. The van der Waals surface area contributed by atoms with Crippen LogP contribution in [0, 0.1) is 5.92 Å². The van der Waals surface area contributed by atoms with E-state index in [4.69, 9.17) is 16.3 Å². The summed E-state index contributed by atoms with van der Waals surface area (Å²) in [6.07, 6.45) is 4.28. The molecule has 2 aromatic rings. The third kappa shape index (κ3) is 6.08. The zero-order valence-corrected chi connectivity index (χ0v) is 19.5. The predicted molar refractivity (Wildman–Crippen MR) is 123 cm³/mol. The summed E-state index contributed by atoms with van der Waals surface area (Å²) in [6, 6.07) is 6.94. The molecule has 3 N–H and O–H groups in total. The van der Waals surface area contributed by atoms with Crippen molar-refractivity contribution in [1.82, 2.24) is 15.6 Å². The number of thioether (sulfide) groups is 1. The number of H-pyrrole nitrogens is 1. The van der Waals surface area contributed by atoms with Crippen LogP contribution in [0.25, 0.3) is 10.9 Å². The van der Waals surface area contributed by atoms with Gasteiger partial charge in [-0.2, -0.15) is 11.8 Å². The number of alkyl carbamates (subject to hydrolysis) is 1. The number of aromatic nitrogens is 1. The molecule has 0 radical (unpaired) electrons. The van der Waals surface area contributed by atoms with Gasteiger partial charge in [0.1, 0.15) is 11.3 Å². The second-order valence-corrected chi connectivity index (χ2v) is 10.2. The lowest BCUT2D eigenvalue weighted by Gasteiger charge is -2.37. The lowest BCUT2D eigenvalue weighted by molar-refractivity contribution is 0.0465. The molecule has 1 fully saturated rings. The van der Waals surface area contributed by atoms with Crippen LogP contribution in [0.2, 0.25) is 5.02 Å². The maximum atomic E-state index is 12.9. The molecule has 0 aliphatic heterocycles. The summed E-state index contributed by atoms with van der Waals surface area (Å²) in [5.74, 6) is 1.35. The van der Waals surface area contributed by atoms with Gasteiger partial charge in [0.05, 0.1) is 6.04 Å². The monoisotopic (exact) mass is 451 g/mol. The highest BCUT2D eigenvalue weighted by Gasteiger charge is 2.34. The van der Waals surface area contributed by atoms with E-state index < -0.39 is 11.7 Å². The molecule has 0 spiro atoms. The molecule has 0 saturated heterocycles. The number of carbonyl (C=O) groups is 2. The Labute approximate surface area is 186 Å². The van der Waals surface area contributed by atoms with Gasteiger partial charge in [0.2, 0.25) is 0 Å². The van der Waals surface area contributed by atoms with Gasteiger partial charge in [-0.3, -0.25) is 4.79 Å². The van der Waals surface area contributed by atoms with E-state index in [9.17, 15) is 9.59 Å². The molecule has 8 heteroatoms. The average molecular weight is 452 g/mol. The van der Waals surface area contributed by atoms with E-state index in [0.717, 1.165) is 35.9 Å². The molecular weight excluding hydrogens is 422 g/mol. The number of ether oxygens (including phenoxy) is 1. The van der Waals surface area contributed by atoms with E-state index >= 15 is 0 Å². The van der Waals surface area contributed by atoms with Crippen LogP contribution in [0.5, 0.6) is 0 Å². The molecule has 6 nitrogen and oxygen atoms in total. The standard InChI is InChI=1S/C22H30ClN3O3S/c1-22(2,3)29-21(28)26-18-9-13(12-30-4)5-7-17(18)25-20(27)19-11-14-10-15(23)6-8-16(14)24-19/h6,8,10-11,13,17-18,24H,5,7,9,12H2,1-4H3,(H,25,27)(H,26,28)/t13-,17-,18+/m0/s1. The van der Waals surface area contributed by atoms with Crippen molar-refractivity contribution < 1.29 is 14.3 Å². The molecule has 2 amide bonds. The summed E-state index contributed by atoms with van der Waals surface area (Å²) in [6.45, 7) is 5.52. The Morgan fingerprint density at radius 1 is 1.20 bits per heavy atom. The lowest BCUT2D eigenvalue weighted by Crippen LogP contribution is -2.55. The number of hydrogen-bond acceptors (Lipinski definition) is 4. The van der Waals surface area contributed by atoms with Crippen LogP contribution in [0.4, 0.5) is 4.79 Å². The minimum absolute atomic E-state index is 0.155. The number of carbonyl (C=O) groups excluding carboxylic acids is 2. The fraction of sp³-hybridized carbons (Fsp3) is 0.545. The molecule has 30 heavy (non-hydrogen) atoms. The normalized spacial score (nSPS) is 22.0. The zero-order chi connectivity index (χ0) is 21.9. The fourth-order valence-electron chi connectivity index (χ4n) is 3.91. The van der Waals surface area contributed by atoms with Gasteiger partial charge in [-0.15, -0.1) is 0 Å². The number of hydrogen-bond donors (Lipinski definition) is 3. The van der Waals surface area contributed by atoms with Crippen LogP contribution in [0.15, 0.2) is 24.3 Å². The molecule has 3 rings (SSSR count). The SMILES string of the molecule is CSC[C@H]1CC[C@H](NC(=O)c2cc3cc(Cl)ccc3[nH]2)[C@H](NC(=O)OC(C)(C)C)C1. The molecular formula is C22H30ClN3O3S. The van der Waals surface area contributed by atoms with Crippen LogP contribution >= 0.6 is 23.4 Å². The first-order valence-corrected chi connectivity index (χ1v) is 12.0. The second-order valence-electron chi connectivity index (χ2n) is 8.88. The third-order valence-corrected chi connectivity index (χ3v) is 6.25. The molecule has 3 atom stereocenters. The molecule has 1 saturated carbocycles. The third-order valence-electron chi connectivity index (χ3n) is 5.21. The first-order chi connectivity index (χ1) is 14.1.